The molecule has 0 radical (unpaired) electrons. The molecular formula is C12H18N2O2. The van der Waals surface area contributed by atoms with Crippen LogP contribution >= 0.6 is 0 Å². The first-order valence-electron chi connectivity index (χ1n) is 5.35. The van der Waals surface area contributed by atoms with Crippen LogP contribution in [0.25, 0.3) is 0 Å². The van der Waals surface area contributed by atoms with E-state index in [2.05, 4.69) is 10.6 Å². The molecule has 88 valence electrons. The highest BCUT2D eigenvalue weighted by Gasteiger charge is 2.09. The third-order valence-corrected chi connectivity index (χ3v) is 2.08. The quantitative estimate of drug-likeness (QED) is 0.734. The number of aliphatic hydroxyl groups is 1. The number of carbonyl (C=O) groups excluding carboxylic acids is 1. The maximum atomic E-state index is 11.5. The minimum absolute atomic E-state index is 0.0821. The average molecular weight is 222 g/mol. The van der Waals surface area contributed by atoms with E-state index >= 15 is 0 Å². The predicted molar refractivity (Wildman–Crippen MR) is 64.4 cm³/mol. The van der Waals surface area contributed by atoms with Crippen LogP contribution in [0, 0.1) is 0 Å². The molecule has 0 aliphatic heterocycles. The minimum atomic E-state index is -0.601. The van der Waals surface area contributed by atoms with Gasteiger partial charge in [-0.15, -0.1) is 0 Å². The van der Waals surface area contributed by atoms with Gasteiger partial charge in [-0.1, -0.05) is 18.2 Å². The molecule has 4 heteroatoms. The Morgan fingerprint density at radius 1 is 1.25 bits per heavy atom. The van der Waals surface area contributed by atoms with E-state index in [1.165, 1.54) is 0 Å². The number of hydrogen-bond acceptors (Lipinski definition) is 2. The van der Waals surface area contributed by atoms with Gasteiger partial charge in [0.15, 0.2) is 0 Å². The number of para-hydroxylation sites is 1. The number of anilines is 1. The number of benzene rings is 1. The molecule has 1 aromatic rings. The Hall–Kier alpha value is -1.55. The Morgan fingerprint density at radius 2 is 1.88 bits per heavy atom. The second-order valence-corrected chi connectivity index (χ2v) is 4.02. The molecule has 1 aromatic carbocycles. The highest BCUT2D eigenvalue weighted by atomic mass is 16.3. The van der Waals surface area contributed by atoms with Gasteiger partial charge >= 0.3 is 6.03 Å². The fourth-order valence-corrected chi connectivity index (χ4v) is 1.40. The Kier molecular flexibility index (Phi) is 4.31. The molecule has 2 amide bonds. The molecule has 0 aliphatic carbocycles. The van der Waals surface area contributed by atoms with Crippen molar-refractivity contribution < 1.29 is 9.90 Å². The van der Waals surface area contributed by atoms with Crippen LogP contribution in [-0.4, -0.2) is 17.2 Å². The van der Waals surface area contributed by atoms with Crippen molar-refractivity contribution in [2.45, 2.75) is 32.9 Å². The Morgan fingerprint density at radius 3 is 2.44 bits per heavy atom. The normalized spacial score (nSPS) is 12.3. The third-order valence-electron chi connectivity index (χ3n) is 2.08. The van der Waals surface area contributed by atoms with E-state index in [9.17, 15) is 9.90 Å². The molecule has 0 heterocycles. The van der Waals surface area contributed by atoms with Crippen LogP contribution in [0.2, 0.25) is 0 Å². The molecule has 0 saturated heterocycles. The fourth-order valence-electron chi connectivity index (χ4n) is 1.40. The summed E-state index contributed by atoms with van der Waals surface area (Å²) >= 11 is 0. The van der Waals surface area contributed by atoms with E-state index in [0.717, 1.165) is 0 Å². The van der Waals surface area contributed by atoms with Crippen LogP contribution in [-0.2, 0) is 0 Å². The van der Waals surface area contributed by atoms with Crippen molar-refractivity contribution in [1.82, 2.24) is 5.32 Å². The molecule has 0 aromatic heterocycles. The monoisotopic (exact) mass is 222 g/mol. The van der Waals surface area contributed by atoms with Gasteiger partial charge in [0.05, 0.1) is 6.10 Å². The number of rotatable bonds is 3. The SMILES string of the molecule is CC(C)NC(=O)Nc1ccccc1C(C)O. The smallest absolute Gasteiger partial charge is 0.319 e. The van der Waals surface area contributed by atoms with Gasteiger partial charge in [-0.3, -0.25) is 0 Å². The lowest BCUT2D eigenvalue weighted by Crippen LogP contribution is -2.34. The third kappa shape index (κ3) is 3.55. The standard InChI is InChI=1S/C12H18N2O2/c1-8(2)13-12(16)14-11-7-5-4-6-10(11)9(3)15/h4-9,15H,1-3H3,(H2,13,14,16). The largest absolute Gasteiger partial charge is 0.389 e. The lowest BCUT2D eigenvalue weighted by atomic mass is 10.1. The molecule has 0 spiro atoms. The maximum absolute atomic E-state index is 11.5. The van der Waals surface area contributed by atoms with Gasteiger partial charge in [-0.05, 0) is 26.8 Å². The van der Waals surface area contributed by atoms with E-state index in [1.54, 1.807) is 19.1 Å². The van der Waals surface area contributed by atoms with Crippen LogP contribution in [0.4, 0.5) is 10.5 Å². The van der Waals surface area contributed by atoms with Gasteiger partial charge in [-0.25, -0.2) is 4.79 Å². The zero-order chi connectivity index (χ0) is 12.1. The summed E-state index contributed by atoms with van der Waals surface area (Å²) in [5.74, 6) is 0. The summed E-state index contributed by atoms with van der Waals surface area (Å²) in [6, 6.07) is 7.02. The van der Waals surface area contributed by atoms with E-state index in [0.29, 0.717) is 11.3 Å². The van der Waals surface area contributed by atoms with E-state index in [4.69, 9.17) is 0 Å². The summed E-state index contributed by atoms with van der Waals surface area (Å²) in [5, 5.41) is 15.0. The first kappa shape index (κ1) is 12.5. The van der Waals surface area contributed by atoms with Gasteiger partial charge in [0.1, 0.15) is 0 Å². The lowest BCUT2D eigenvalue weighted by Gasteiger charge is -2.14. The van der Waals surface area contributed by atoms with Crippen molar-refractivity contribution >= 4 is 11.7 Å². The van der Waals surface area contributed by atoms with Crippen molar-refractivity contribution in [2.24, 2.45) is 0 Å². The molecule has 4 nitrogen and oxygen atoms in total. The summed E-state index contributed by atoms with van der Waals surface area (Å²) in [7, 11) is 0. The zero-order valence-corrected chi connectivity index (χ0v) is 9.82. The highest BCUT2D eigenvalue weighted by molar-refractivity contribution is 5.90. The van der Waals surface area contributed by atoms with Crippen LogP contribution in [0.15, 0.2) is 24.3 Å². The molecule has 0 bridgehead atoms. The van der Waals surface area contributed by atoms with Crippen LogP contribution < -0.4 is 10.6 Å². The van der Waals surface area contributed by atoms with Gasteiger partial charge in [0.2, 0.25) is 0 Å². The first-order chi connectivity index (χ1) is 7.50. The van der Waals surface area contributed by atoms with E-state index < -0.39 is 6.10 Å². The Balaban J connectivity index is 2.77. The number of carbonyl (C=O) groups is 1. The van der Waals surface area contributed by atoms with Crippen molar-refractivity contribution in [2.75, 3.05) is 5.32 Å². The summed E-state index contributed by atoms with van der Waals surface area (Å²) in [6.07, 6.45) is -0.601. The predicted octanol–water partition coefficient (Wildman–Crippen LogP) is 2.27. The number of urea groups is 1. The molecule has 1 unspecified atom stereocenters. The number of hydrogen-bond donors (Lipinski definition) is 3. The molecule has 1 rings (SSSR count). The van der Waals surface area contributed by atoms with Crippen LogP contribution in [0.1, 0.15) is 32.4 Å². The zero-order valence-electron chi connectivity index (χ0n) is 9.82. The summed E-state index contributed by atoms with van der Waals surface area (Å²) in [4.78, 5) is 11.5. The average Bonchev–Trinajstić information content (AvgIpc) is 2.16. The second-order valence-electron chi connectivity index (χ2n) is 4.02. The molecule has 0 aliphatic rings. The number of aliphatic hydroxyl groups excluding tert-OH is 1. The number of amides is 2. The Bertz CT molecular complexity index is 362. The van der Waals surface area contributed by atoms with Crippen molar-refractivity contribution in [1.29, 1.82) is 0 Å². The highest BCUT2D eigenvalue weighted by Crippen LogP contribution is 2.21. The van der Waals surface area contributed by atoms with Gasteiger partial charge in [0, 0.05) is 17.3 Å². The molecular weight excluding hydrogens is 204 g/mol. The molecule has 0 fully saturated rings. The molecule has 3 N–H and O–H groups in total. The van der Waals surface area contributed by atoms with Crippen LogP contribution in [0.5, 0.6) is 0 Å². The summed E-state index contributed by atoms with van der Waals surface area (Å²) in [5.41, 5.74) is 1.34. The first-order valence-corrected chi connectivity index (χ1v) is 5.35. The van der Waals surface area contributed by atoms with Crippen molar-refractivity contribution in [3.8, 4) is 0 Å². The van der Waals surface area contributed by atoms with E-state index in [-0.39, 0.29) is 12.1 Å². The number of nitrogens with one attached hydrogen (secondary N) is 2. The van der Waals surface area contributed by atoms with Gasteiger partial charge in [-0.2, -0.15) is 0 Å². The molecule has 0 saturated carbocycles. The van der Waals surface area contributed by atoms with Gasteiger partial charge in [0.25, 0.3) is 0 Å². The maximum Gasteiger partial charge on any atom is 0.319 e. The van der Waals surface area contributed by atoms with Crippen molar-refractivity contribution in [3.05, 3.63) is 29.8 Å². The fraction of sp³-hybridized carbons (Fsp3) is 0.417. The summed E-state index contributed by atoms with van der Waals surface area (Å²) < 4.78 is 0. The minimum Gasteiger partial charge on any atom is -0.389 e. The van der Waals surface area contributed by atoms with Crippen molar-refractivity contribution in [3.63, 3.8) is 0 Å². The molecule has 1 atom stereocenters. The Labute approximate surface area is 95.7 Å². The topological polar surface area (TPSA) is 61.4 Å². The second kappa shape index (κ2) is 5.51. The molecule has 16 heavy (non-hydrogen) atoms. The lowest BCUT2D eigenvalue weighted by molar-refractivity contribution is 0.200. The summed E-state index contributed by atoms with van der Waals surface area (Å²) in [6.45, 7) is 5.45. The van der Waals surface area contributed by atoms with E-state index in [1.807, 2.05) is 26.0 Å². The van der Waals surface area contributed by atoms with Crippen LogP contribution in [0.3, 0.4) is 0 Å². The van der Waals surface area contributed by atoms with Gasteiger partial charge < -0.3 is 15.7 Å².